The number of rotatable bonds is 4. The third-order valence-corrected chi connectivity index (χ3v) is 3.40. The normalized spacial score (nSPS) is 10.8. The van der Waals surface area contributed by atoms with E-state index < -0.39 is 0 Å². The molecule has 0 saturated heterocycles. The van der Waals surface area contributed by atoms with Crippen molar-refractivity contribution < 1.29 is 0 Å². The lowest BCUT2D eigenvalue weighted by molar-refractivity contribution is 0.643. The molecule has 0 amide bonds. The lowest BCUT2D eigenvalue weighted by Gasteiger charge is -2.03. The van der Waals surface area contributed by atoms with E-state index in [4.69, 9.17) is 0 Å². The SMILES string of the molecule is Cc1nn(C)c(CNCCI)c1Br. The first-order chi connectivity index (χ1) is 6.16. The molecule has 0 saturated carbocycles. The van der Waals surface area contributed by atoms with Crippen LogP contribution in [0.15, 0.2) is 4.47 Å². The van der Waals surface area contributed by atoms with Crippen LogP contribution in [0.5, 0.6) is 0 Å². The molecule has 0 aliphatic carbocycles. The number of nitrogens with zero attached hydrogens (tertiary/aromatic N) is 2. The maximum Gasteiger partial charge on any atom is 0.0739 e. The Morgan fingerprint density at radius 2 is 2.31 bits per heavy atom. The number of hydrogen-bond donors (Lipinski definition) is 1. The van der Waals surface area contributed by atoms with E-state index in [9.17, 15) is 0 Å². The highest BCUT2D eigenvalue weighted by atomic mass is 127. The Balaban J connectivity index is 2.64. The molecule has 5 heteroatoms. The van der Waals surface area contributed by atoms with E-state index in [-0.39, 0.29) is 0 Å². The lowest BCUT2D eigenvalue weighted by atomic mass is 10.3. The van der Waals surface area contributed by atoms with Crippen LogP contribution in [0.2, 0.25) is 0 Å². The molecule has 0 atom stereocenters. The van der Waals surface area contributed by atoms with Crippen molar-refractivity contribution in [2.24, 2.45) is 7.05 Å². The molecule has 13 heavy (non-hydrogen) atoms. The monoisotopic (exact) mass is 357 g/mol. The maximum absolute atomic E-state index is 4.32. The van der Waals surface area contributed by atoms with Gasteiger partial charge in [0, 0.05) is 24.6 Å². The molecular weight excluding hydrogens is 345 g/mol. The van der Waals surface area contributed by atoms with Gasteiger partial charge in [0.15, 0.2) is 0 Å². The zero-order valence-electron chi connectivity index (χ0n) is 7.77. The van der Waals surface area contributed by atoms with E-state index in [0.29, 0.717) is 0 Å². The molecule has 3 nitrogen and oxygen atoms in total. The van der Waals surface area contributed by atoms with Gasteiger partial charge < -0.3 is 5.32 Å². The van der Waals surface area contributed by atoms with E-state index in [2.05, 4.69) is 48.9 Å². The summed E-state index contributed by atoms with van der Waals surface area (Å²) >= 11 is 5.88. The molecule has 0 unspecified atom stereocenters. The fourth-order valence-corrected chi connectivity index (χ4v) is 2.00. The molecule has 1 N–H and O–H groups in total. The Morgan fingerprint density at radius 1 is 1.62 bits per heavy atom. The van der Waals surface area contributed by atoms with Crippen molar-refractivity contribution in [3.8, 4) is 0 Å². The fourth-order valence-electron chi connectivity index (χ4n) is 1.15. The Morgan fingerprint density at radius 3 is 2.77 bits per heavy atom. The second kappa shape index (κ2) is 5.31. The van der Waals surface area contributed by atoms with Gasteiger partial charge in [0.05, 0.1) is 15.9 Å². The predicted molar refractivity (Wildman–Crippen MR) is 66.2 cm³/mol. The number of hydrogen-bond acceptors (Lipinski definition) is 2. The average molecular weight is 358 g/mol. The Bertz CT molecular complexity index is 285. The third-order valence-electron chi connectivity index (χ3n) is 1.83. The number of aromatic nitrogens is 2. The average Bonchev–Trinajstić information content (AvgIpc) is 2.32. The lowest BCUT2D eigenvalue weighted by Crippen LogP contribution is -2.17. The van der Waals surface area contributed by atoms with E-state index in [1.54, 1.807) is 0 Å². The molecule has 0 fully saturated rings. The minimum atomic E-state index is 0.876. The van der Waals surface area contributed by atoms with Gasteiger partial charge in [0.25, 0.3) is 0 Å². The molecule has 0 aliphatic heterocycles. The summed E-state index contributed by atoms with van der Waals surface area (Å²) in [6, 6.07) is 0. The van der Waals surface area contributed by atoms with Crippen molar-refractivity contribution in [2.45, 2.75) is 13.5 Å². The van der Waals surface area contributed by atoms with Crippen LogP contribution in [0.1, 0.15) is 11.4 Å². The van der Waals surface area contributed by atoms with Crippen molar-refractivity contribution in [3.05, 3.63) is 15.9 Å². The van der Waals surface area contributed by atoms with Crippen LogP contribution in [0.3, 0.4) is 0 Å². The van der Waals surface area contributed by atoms with Crippen molar-refractivity contribution in [1.29, 1.82) is 0 Å². The molecule has 1 aromatic heterocycles. The van der Waals surface area contributed by atoms with Crippen LogP contribution >= 0.6 is 38.5 Å². The van der Waals surface area contributed by atoms with E-state index >= 15 is 0 Å². The molecule has 0 aromatic carbocycles. The molecule has 0 bridgehead atoms. The molecule has 1 heterocycles. The van der Waals surface area contributed by atoms with Crippen LogP contribution < -0.4 is 5.32 Å². The van der Waals surface area contributed by atoms with Gasteiger partial charge in [-0.15, -0.1) is 0 Å². The molecule has 0 spiro atoms. The largest absolute Gasteiger partial charge is 0.310 e. The zero-order valence-corrected chi connectivity index (χ0v) is 11.5. The van der Waals surface area contributed by atoms with Gasteiger partial charge in [0.1, 0.15) is 0 Å². The summed E-state index contributed by atoms with van der Waals surface area (Å²) in [5.41, 5.74) is 2.26. The predicted octanol–water partition coefficient (Wildman–Crippen LogP) is 2.02. The quantitative estimate of drug-likeness (QED) is 0.507. The van der Waals surface area contributed by atoms with Gasteiger partial charge in [-0.2, -0.15) is 5.10 Å². The molecule has 1 rings (SSSR count). The van der Waals surface area contributed by atoms with Crippen molar-refractivity contribution in [1.82, 2.24) is 15.1 Å². The Hall–Kier alpha value is 0.380. The highest BCUT2D eigenvalue weighted by molar-refractivity contribution is 14.1. The summed E-state index contributed by atoms with van der Waals surface area (Å²) in [5.74, 6) is 0. The van der Waals surface area contributed by atoms with E-state index in [0.717, 1.165) is 27.7 Å². The maximum atomic E-state index is 4.32. The van der Waals surface area contributed by atoms with Gasteiger partial charge in [-0.1, -0.05) is 22.6 Å². The minimum Gasteiger partial charge on any atom is -0.310 e. The summed E-state index contributed by atoms with van der Waals surface area (Å²) < 4.78 is 4.17. The van der Waals surface area contributed by atoms with Crippen LogP contribution in [0.25, 0.3) is 0 Å². The fraction of sp³-hybridized carbons (Fsp3) is 0.625. The van der Waals surface area contributed by atoms with E-state index in [1.165, 1.54) is 5.69 Å². The Labute approximate surface area is 101 Å². The van der Waals surface area contributed by atoms with Gasteiger partial charge in [-0.3, -0.25) is 4.68 Å². The van der Waals surface area contributed by atoms with Crippen molar-refractivity contribution in [2.75, 3.05) is 11.0 Å². The highest BCUT2D eigenvalue weighted by Gasteiger charge is 2.08. The summed E-state index contributed by atoms with van der Waals surface area (Å²) in [4.78, 5) is 0. The van der Waals surface area contributed by atoms with Crippen LogP contribution in [0.4, 0.5) is 0 Å². The van der Waals surface area contributed by atoms with Gasteiger partial charge in [-0.25, -0.2) is 0 Å². The number of halogens is 2. The first-order valence-corrected chi connectivity index (χ1v) is 6.43. The zero-order chi connectivity index (χ0) is 9.84. The minimum absolute atomic E-state index is 0.876. The number of aryl methyl sites for hydroxylation is 2. The van der Waals surface area contributed by atoms with Gasteiger partial charge in [-0.05, 0) is 22.9 Å². The summed E-state index contributed by atoms with van der Waals surface area (Å²) in [6.07, 6.45) is 0. The second-order valence-corrected chi connectivity index (χ2v) is 4.71. The number of nitrogens with one attached hydrogen (secondary N) is 1. The van der Waals surface area contributed by atoms with Crippen molar-refractivity contribution in [3.63, 3.8) is 0 Å². The summed E-state index contributed by atoms with van der Waals surface area (Å²) in [7, 11) is 1.97. The number of alkyl halides is 1. The third kappa shape index (κ3) is 2.92. The van der Waals surface area contributed by atoms with Crippen molar-refractivity contribution >= 4 is 38.5 Å². The first kappa shape index (κ1) is 11.5. The highest BCUT2D eigenvalue weighted by Crippen LogP contribution is 2.19. The van der Waals surface area contributed by atoms with Crippen LogP contribution in [0, 0.1) is 6.92 Å². The van der Waals surface area contributed by atoms with Crippen LogP contribution in [-0.2, 0) is 13.6 Å². The molecule has 0 aliphatic rings. The smallest absolute Gasteiger partial charge is 0.0739 e. The molecule has 1 aromatic rings. The summed E-state index contributed by atoms with van der Waals surface area (Å²) in [5, 5.41) is 7.67. The molecular formula is C8H13BrIN3. The Kier molecular flexibility index (Phi) is 4.68. The van der Waals surface area contributed by atoms with Gasteiger partial charge >= 0.3 is 0 Å². The standard InChI is InChI=1S/C8H13BrIN3/c1-6-8(9)7(13(2)12-6)5-11-4-3-10/h11H,3-5H2,1-2H3. The van der Waals surface area contributed by atoms with E-state index in [1.807, 2.05) is 18.7 Å². The first-order valence-electron chi connectivity index (χ1n) is 4.11. The molecule has 74 valence electrons. The van der Waals surface area contributed by atoms with Crippen LogP contribution in [-0.4, -0.2) is 20.8 Å². The summed E-state index contributed by atoms with van der Waals surface area (Å²) in [6.45, 7) is 3.92. The molecule has 0 radical (unpaired) electrons. The topological polar surface area (TPSA) is 29.9 Å². The second-order valence-electron chi connectivity index (χ2n) is 2.84. The van der Waals surface area contributed by atoms with Gasteiger partial charge in [0.2, 0.25) is 0 Å².